The maximum atomic E-state index is 14.2. The number of aromatic nitrogens is 2. The van der Waals surface area contributed by atoms with E-state index in [4.69, 9.17) is 4.74 Å². The van der Waals surface area contributed by atoms with Crippen molar-refractivity contribution < 1.29 is 19.1 Å². The van der Waals surface area contributed by atoms with Gasteiger partial charge in [0.15, 0.2) is 0 Å². The quantitative estimate of drug-likeness (QED) is 0.162. The van der Waals surface area contributed by atoms with E-state index >= 15 is 0 Å². The third-order valence-electron chi connectivity index (χ3n) is 9.00. The minimum atomic E-state index is -0.891. The fourth-order valence-corrected chi connectivity index (χ4v) is 6.61. The summed E-state index contributed by atoms with van der Waals surface area (Å²) in [6, 6.07) is 26.1. The van der Waals surface area contributed by atoms with Gasteiger partial charge in [0.05, 0.1) is 6.61 Å². The van der Waals surface area contributed by atoms with Crippen LogP contribution in [-0.2, 0) is 25.5 Å². The van der Waals surface area contributed by atoms with Crippen LogP contribution < -0.4 is 16.2 Å². The molecule has 2 aromatic heterocycles. The summed E-state index contributed by atoms with van der Waals surface area (Å²) in [6.45, 7) is 0.865. The molecular weight excluding hydrogens is 580 g/mol. The van der Waals surface area contributed by atoms with Crippen LogP contribution in [0.2, 0.25) is 0 Å². The summed E-state index contributed by atoms with van der Waals surface area (Å²) in [6.07, 6.45) is 5.08. The van der Waals surface area contributed by atoms with Crippen LogP contribution in [0.15, 0.2) is 108 Å². The van der Waals surface area contributed by atoms with Crippen molar-refractivity contribution in [3.05, 3.63) is 119 Å². The number of rotatable bonds is 9. The van der Waals surface area contributed by atoms with E-state index in [1.54, 1.807) is 12.3 Å². The number of pyridine rings is 1. The van der Waals surface area contributed by atoms with Crippen LogP contribution in [0.4, 0.5) is 0 Å². The molecule has 3 atom stereocenters. The topological polar surface area (TPSA) is 122 Å². The molecule has 2 fully saturated rings. The van der Waals surface area contributed by atoms with Crippen LogP contribution in [0.5, 0.6) is 0 Å². The molecule has 1 unspecified atom stereocenters. The normalized spacial score (nSPS) is 18.5. The number of nitrogens with one attached hydrogen (secondary N) is 3. The van der Waals surface area contributed by atoms with Crippen LogP contribution in [0.1, 0.15) is 30.9 Å². The van der Waals surface area contributed by atoms with Crippen molar-refractivity contribution in [3.8, 4) is 11.3 Å². The number of cyclic esters (lactones) is 1. The SMILES string of the molecule is O=C1OCC/C1=C\C(C[C@@H]1CCNC1=O)NC(=O)[C@H](Cc1ccccc1)n1ccc2cc(-c3cccc4ccccc34)[nH]c2c1=O. The van der Waals surface area contributed by atoms with Crippen molar-refractivity contribution in [3.63, 3.8) is 0 Å². The summed E-state index contributed by atoms with van der Waals surface area (Å²) >= 11 is 0. The van der Waals surface area contributed by atoms with E-state index < -0.39 is 18.1 Å². The second-order valence-corrected chi connectivity index (χ2v) is 12.0. The molecule has 0 spiro atoms. The number of carbonyl (C=O) groups excluding carboxylic acids is 3. The van der Waals surface area contributed by atoms with E-state index in [0.717, 1.165) is 33.0 Å². The van der Waals surface area contributed by atoms with E-state index in [-0.39, 0.29) is 36.3 Å². The third-order valence-corrected chi connectivity index (χ3v) is 9.00. The Morgan fingerprint density at radius 3 is 2.57 bits per heavy atom. The zero-order chi connectivity index (χ0) is 31.6. The predicted molar refractivity (Wildman–Crippen MR) is 176 cm³/mol. The van der Waals surface area contributed by atoms with Crippen molar-refractivity contribution >= 4 is 39.5 Å². The van der Waals surface area contributed by atoms with Gasteiger partial charge in [0.2, 0.25) is 11.8 Å². The Balaban J connectivity index is 1.25. The molecule has 2 amide bonds. The van der Waals surface area contributed by atoms with Gasteiger partial charge in [-0.15, -0.1) is 0 Å². The summed E-state index contributed by atoms with van der Waals surface area (Å²) in [4.78, 5) is 56.4. The van der Waals surface area contributed by atoms with Gasteiger partial charge in [0.1, 0.15) is 11.6 Å². The summed E-state index contributed by atoms with van der Waals surface area (Å²) < 4.78 is 6.60. The molecular formula is C37H34N4O5. The molecule has 9 nitrogen and oxygen atoms in total. The zero-order valence-corrected chi connectivity index (χ0v) is 25.2. The minimum absolute atomic E-state index is 0.0668. The first-order valence-electron chi connectivity index (χ1n) is 15.7. The van der Waals surface area contributed by atoms with Crippen LogP contribution >= 0.6 is 0 Å². The highest BCUT2D eigenvalue weighted by molar-refractivity contribution is 5.98. The number of esters is 1. The van der Waals surface area contributed by atoms with Crippen molar-refractivity contribution in [1.82, 2.24) is 20.2 Å². The molecule has 2 saturated heterocycles. The lowest BCUT2D eigenvalue weighted by Gasteiger charge is -2.24. The highest BCUT2D eigenvalue weighted by Crippen LogP contribution is 2.30. The molecule has 5 aromatic rings. The van der Waals surface area contributed by atoms with Gasteiger partial charge in [-0.1, -0.05) is 78.9 Å². The van der Waals surface area contributed by atoms with Gasteiger partial charge < -0.3 is 24.9 Å². The van der Waals surface area contributed by atoms with Crippen molar-refractivity contribution in [2.75, 3.05) is 13.2 Å². The lowest BCUT2D eigenvalue weighted by atomic mass is 9.95. The number of nitrogens with zero attached hydrogens (tertiary/aromatic N) is 1. The molecule has 7 rings (SSSR count). The van der Waals surface area contributed by atoms with E-state index in [0.29, 0.717) is 36.9 Å². The van der Waals surface area contributed by atoms with Crippen LogP contribution in [0.25, 0.3) is 32.9 Å². The van der Waals surface area contributed by atoms with Crippen LogP contribution in [0.3, 0.4) is 0 Å². The molecule has 232 valence electrons. The lowest BCUT2D eigenvalue weighted by molar-refractivity contribution is -0.135. The van der Waals surface area contributed by atoms with E-state index in [9.17, 15) is 19.2 Å². The number of fused-ring (bicyclic) bond motifs is 2. The van der Waals surface area contributed by atoms with Crippen molar-refractivity contribution in [1.29, 1.82) is 0 Å². The lowest BCUT2D eigenvalue weighted by Crippen LogP contribution is -2.43. The fraction of sp³-hybridized carbons (Fsp3) is 0.243. The molecule has 2 aliphatic heterocycles. The number of aromatic amines is 1. The van der Waals surface area contributed by atoms with Gasteiger partial charge in [-0.3, -0.25) is 14.4 Å². The van der Waals surface area contributed by atoms with Crippen LogP contribution in [-0.4, -0.2) is 46.5 Å². The Bertz CT molecular complexity index is 2040. The molecule has 3 N–H and O–H groups in total. The predicted octanol–water partition coefficient (Wildman–Crippen LogP) is 4.82. The van der Waals surface area contributed by atoms with Crippen LogP contribution in [0, 0.1) is 5.92 Å². The standard InChI is InChI=1S/C37H34N4O5/c42-34-26(13-16-38-34)20-28(21-27-15-18-46-37(27)45)39-35(43)32(19-23-7-2-1-3-8-23)41-17-14-25-22-31(40-33(25)36(41)44)30-12-6-10-24-9-4-5-11-29(24)30/h1-12,14,17,21-22,26,28,32,40H,13,15-16,18-20H2,(H,38,42)(H,39,43)/b27-21+/t26-,28?,32-/m0/s1. The monoisotopic (exact) mass is 614 g/mol. The minimum Gasteiger partial charge on any atom is -0.462 e. The number of hydrogen-bond donors (Lipinski definition) is 3. The molecule has 0 aliphatic carbocycles. The number of carbonyl (C=O) groups is 3. The zero-order valence-electron chi connectivity index (χ0n) is 25.2. The Labute approximate surface area is 265 Å². The molecule has 2 aliphatic rings. The molecule has 0 radical (unpaired) electrons. The van der Waals surface area contributed by atoms with E-state index in [1.807, 2.05) is 66.7 Å². The molecule has 0 saturated carbocycles. The largest absolute Gasteiger partial charge is 0.462 e. The molecule has 4 heterocycles. The second kappa shape index (κ2) is 12.5. The van der Waals surface area contributed by atoms with Crippen molar-refractivity contribution in [2.24, 2.45) is 5.92 Å². The number of H-pyrrole nitrogens is 1. The Hall–Kier alpha value is -5.44. The van der Waals surface area contributed by atoms with Gasteiger partial charge >= 0.3 is 5.97 Å². The molecule has 3 aromatic carbocycles. The highest BCUT2D eigenvalue weighted by atomic mass is 16.5. The first-order valence-corrected chi connectivity index (χ1v) is 15.7. The molecule has 0 bridgehead atoms. The van der Waals surface area contributed by atoms with Gasteiger partial charge in [-0.2, -0.15) is 0 Å². The van der Waals surface area contributed by atoms with Gasteiger partial charge in [0.25, 0.3) is 5.56 Å². The number of ether oxygens (including phenoxy) is 1. The maximum absolute atomic E-state index is 14.2. The third kappa shape index (κ3) is 5.83. The summed E-state index contributed by atoms with van der Waals surface area (Å²) in [5.41, 5.74) is 3.26. The number of amides is 2. The summed E-state index contributed by atoms with van der Waals surface area (Å²) in [5, 5.41) is 8.85. The van der Waals surface area contributed by atoms with Gasteiger partial charge in [0, 0.05) is 59.8 Å². The smallest absolute Gasteiger partial charge is 0.333 e. The average Bonchev–Trinajstić information content (AvgIpc) is 3.81. The van der Waals surface area contributed by atoms with Gasteiger partial charge in [-0.25, -0.2) is 4.79 Å². The Morgan fingerprint density at radius 1 is 0.978 bits per heavy atom. The van der Waals surface area contributed by atoms with Gasteiger partial charge in [-0.05, 0) is 41.3 Å². The Kier molecular flexibility index (Phi) is 7.97. The highest BCUT2D eigenvalue weighted by Gasteiger charge is 2.31. The van der Waals surface area contributed by atoms with E-state index in [2.05, 4.69) is 33.8 Å². The molecule has 9 heteroatoms. The number of hydrogen-bond acceptors (Lipinski definition) is 5. The fourth-order valence-electron chi connectivity index (χ4n) is 6.61. The summed E-state index contributed by atoms with van der Waals surface area (Å²) in [5.74, 6) is -1.15. The Morgan fingerprint density at radius 2 is 1.78 bits per heavy atom. The number of benzene rings is 3. The first-order chi connectivity index (χ1) is 22.4. The van der Waals surface area contributed by atoms with E-state index in [1.165, 1.54) is 4.57 Å². The van der Waals surface area contributed by atoms with Crippen molar-refractivity contribution in [2.45, 2.75) is 37.8 Å². The molecule has 46 heavy (non-hydrogen) atoms. The first kappa shape index (κ1) is 29.3. The second-order valence-electron chi connectivity index (χ2n) is 12.0. The maximum Gasteiger partial charge on any atom is 0.333 e. The summed E-state index contributed by atoms with van der Waals surface area (Å²) in [7, 11) is 0. The average molecular weight is 615 g/mol.